The molecule has 0 aliphatic heterocycles. The number of hydrogen-bond acceptors (Lipinski definition) is 5. The van der Waals surface area contributed by atoms with Crippen LogP contribution in [0.3, 0.4) is 0 Å². The van der Waals surface area contributed by atoms with E-state index in [9.17, 15) is 9.59 Å². The molecule has 1 aromatic carbocycles. The van der Waals surface area contributed by atoms with Gasteiger partial charge in [-0.05, 0) is 56.5 Å². The lowest BCUT2D eigenvalue weighted by atomic mass is 10.2. The van der Waals surface area contributed by atoms with Crippen molar-refractivity contribution in [3.63, 3.8) is 0 Å². The van der Waals surface area contributed by atoms with Gasteiger partial charge in [0, 0.05) is 11.1 Å². The Morgan fingerprint density at radius 1 is 1.15 bits per heavy atom. The molecule has 0 bridgehead atoms. The van der Waals surface area contributed by atoms with E-state index in [4.69, 9.17) is 30.6 Å². The zero-order valence-corrected chi connectivity index (χ0v) is 15.7. The summed E-state index contributed by atoms with van der Waals surface area (Å²) in [4.78, 5) is 23.1. The summed E-state index contributed by atoms with van der Waals surface area (Å²) in [5.41, 5.74) is -0.516. The molecule has 0 saturated carbocycles. The summed E-state index contributed by atoms with van der Waals surface area (Å²) >= 11 is 5.82. The topological polar surface area (TPSA) is 86.0 Å². The molecule has 0 aliphatic rings. The molecule has 2 rings (SSSR count). The molecule has 0 atom stereocenters. The molecule has 2 aromatic rings. The number of aromatic carboxylic acids is 1. The normalized spacial score (nSPS) is 10.9. The van der Waals surface area contributed by atoms with Crippen molar-refractivity contribution in [2.45, 2.75) is 26.2 Å². The van der Waals surface area contributed by atoms with Crippen LogP contribution in [0.15, 0.2) is 45.6 Å². The Bertz CT molecular complexity index is 839. The lowest BCUT2D eigenvalue weighted by Crippen LogP contribution is -2.13. The third kappa shape index (κ3) is 6.49. The van der Waals surface area contributed by atoms with E-state index in [1.807, 2.05) is 12.1 Å². The summed E-state index contributed by atoms with van der Waals surface area (Å²) in [7, 11) is 0. The SMILES string of the molecule is C/C=C/c1oc(C(=O)O)cc(=O)c1OCCCCCOc1ccc(Cl)cc1. The maximum Gasteiger partial charge on any atom is 0.371 e. The summed E-state index contributed by atoms with van der Waals surface area (Å²) in [6, 6.07) is 8.09. The van der Waals surface area contributed by atoms with Crippen molar-refractivity contribution in [1.29, 1.82) is 0 Å². The smallest absolute Gasteiger partial charge is 0.371 e. The Hall–Kier alpha value is -2.73. The van der Waals surface area contributed by atoms with Crippen LogP contribution in [0, 0.1) is 0 Å². The summed E-state index contributed by atoms with van der Waals surface area (Å²) in [6.45, 7) is 2.63. The average Bonchev–Trinajstić information content (AvgIpc) is 2.64. The number of unbranched alkanes of at least 4 members (excludes halogenated alkanes) is 2. The molecular weight excluding hydrogens is 372 g/mol. The fourth-order valence-electron chi connectivity index (χ4n) is 2.29. The quantitative estimate of drug-likeness (QED) is 0.592. The summed E-state index contributed by atoms with van der Waals surface area (Å²) in [5.74, 6) is -0.823. The average molecular weight is 393 g/mol. The van der Waals surface area contributed by atoms with Gasteiger partial charge in [0.15, 0.2) is 5.76 Å². The highest BCUT2D eigenvalue weighted by atomic mass is 35.5. The molecule has 0 saturated heterocycles. The Labute approximate surface area is 162 Å². The van der Waals surface area contributed by atoms with Crippen LogP contribution >= 0.6 is 11.6 Å². The van der Waals surface area contributed by atoms with Crippen LogP contribution < -0.4 is 14.9 Å². The van der Waals surface area contributed by atoms with Crippen molar-refractivity contribution in [2.75, 3.05) is 13.2 Å². The largest absolute Gasteiger partial charge is 0.494 e. The maximum absolute atomic E-state index is 12.1. The first-order valence-corrected chi connectivity index (χ1v) is 8.94. The third-order valence-corrected chi connectivity index (χ3v) is 3.83. The second-order valence-electron chi connectivity index (χ2n) is 5.68. The van der Waals surface area contributed by atoms with Gasteiger partial charge in [0.05, 0.1) is 13.2 Å². The molecule has 7 heteroatoms. The highest BCUT2D eigenvalue weighted by molar-refractivity contribution is 6.30. The fraction of sp³-hybridized carbons (Fsp3) is 0.300. The zero-order chi connectivity index (χ0) is 19.6. The van der Waals surface area contributed by atoms with Crippen molar-refractivity contribution in [2.24, 2.45) is 0 Å². The van der Waals surface area contributed by atoms with Crippen LogP contribution in [0.5, 0.6) is 11.5 Å². The van der Waals surface area contributed by atoms with Crippen LogP contribution in [0.2, 0.25) is 5.02 Å². The number of allylic oxidation sites excluding steroid dienone is 1. The van der Waals surface area contributed by atoms with Crippen molar-refractivity contribution >= 4 is 23.6 Å². The molecule has 1 aromatic heterocycles. The van der Waals surface area contributed by atoms with Crippen molar-refractivity contribution in [3.05, 3.63) is 63.2 Å². The van der Waals surface area contributed by atoms with Crippen molar-refractivity contribution in [1.82, 2.24) is 0 Å². The molecular formula is C20H21ClO6. The molecule has 1 heterocycles. The molecule has 0 aliphatic carbocycles. The van der Waals surface area contributed by atoms with Crippen LogP contribution in [0.4, 0.5) is 0 Å². The van der Waals surface area contributed by atoms with Gasteiger partial charge >= 0.3 is 5.97 Å². The molecule has 0 radical (unpaired) electrons. The minimum atomic E-state index is -1.30. The second-order valence-corrected chi connectivity index (χ2v) is 6.12. The molecule has 6 nitrogen and oxygen atoms in total. The third-order valence-electron chi connectivity index (χ3n) is 3.58. The Kier molecular flexibility index (Phi) is 7.95. The fourth-order valence-corrected chi connectivity index (χ4v) is 2.41. The van der Waals surface area contributed by atoms with Gasteiger partial charge in [0.2, 0.25) is 16.9 Å². The predicted molar refractivity (Wildman–Crippen MR) is 103 cm³/mol. The lowest BCUT2D eigenvalue weighted by Gasteiger charge is -2.09. The first kappa shape index (κ1) is 20.6. The zero-order valence-electron chi connectivity index (χ0n) is 14.9. The highest BCUT2D eigenvalue weighted by Crippen LogP contribution is 2.18. The molecule has 0 fully saturated rings. The van der Waals surface area contributed by atoms with E-state index in [2.05, 4.69) is 0 Å². The van der Waals surface area contributed by atoms with Crippen LogP contribution in [0.1, 0.15) is 42.5 Å². The van der Waals surface area contributed by atoms with Crippen LogP contribution in [0.25, 0.3) is 6.08 Å². The molecule has 27 heavy (non-hydrogen) atoms. The number of benzene rings is 1. The van der Waals surface area contributed by atoms with E-state index in [0.29, 0.717) is 18.2 Å². The monoisotopic (exact) mass is 392 g/mol. The molecule has 144 valence electrons. The molecule has 1 N–H and O–H groups in total. The minimum absolute atomic E-state index is 0.0236. The van der Waals surface area contributed by atoms with E-state index >= 15 is 0 Å². The number of ether oxygens (including phenoxy) is 2. The number of hydrogen-bond donors (Lipinski definition) is 1. The molecule has 0 amide bonds. The number of carboxylic acid groups (broad SMARTS) is 1. The lowest BCUT2D eigenvalue weighted by molar-refractivity contribution is 0.0658. The van der Waals surface area contributed by atoms with Gasteiger partial charge in [0.1, 0.15) is 5.75 Å². The predicted octanol–water partition coefficient (Wildman–Crippen LogP) is 4.65. The Balaban J connectivity index is 1.78. The van der Waals surface area contributed by atoms with E-state index in [1.54, 1.807) is 25.1 Å². The summed E-state index contributed by atoms with van der Waals surface area (Å²) in [5, 5.41) is 9.63. The number of rotatable bonds is 10. The first-order valence-electron chi connectivity index (χ1n) is 8.56. The first-order chi connectivity index (χ1) is 13.0. The van der Waals surface area contributed by atoms with E-state index < -0.39 is 17.2 Å². The van der Waals surface area contributed by atoms with Crippen LogP contribution in [-0.2, 0) is 0 Å². The highest BCUT2D eigenvalue weighted by Gasteiger charge is 2.15. The number of carbonyl (C=O) groups is 1. The minimum Gasteiger partial charge on any atom is -0.494 e. The van der Waals surface area contributed by atoms with Crippen molar-refractivity contribution < 1.29 is 23.8 Å². The van der Waals surface area contributed by atoms with Gasteiger partial charge in [-0.1, -0.05) is 17.7 Å². The van der Waals surface area contributed by atoms with E-state index in [1.165, 1.54) is 6.08 Å². The Morgan fingerprint density at radius 3 is 2.44 bits per heavy atom. The van der Waals surface area contributed by atoms with Gasteiger partial charge in [0.25, 0.3) is 0 Å². The summed E-state index contributed by atoms with van der Waals surface area (Å²) < 4.78 is 16.3. The maximum atomic E-state index is 12.1. The van der Waals surface area contributed by atoms with Gasteiger partial charge in [-0.3, -0.25) is 4.79 Å². The standard InChI is InChI=1S/C20H21ClO6/c1-2-6-17-19(16(22)13-18(27-17)20(23)24)26-12-5-3-4-11-25-15-9-7-14(21)8-10-15/h2,6-10,13H,3-5,11-12H2,1H3,(H,23,24)/b6-2+. The summed E-state index contributed by atoms with van der Waals surface area (Å²) in [6.07, 6.45) is 5.55. The van der Waals surface area contributed by atoms with Crippen molar-refractivity contribution in [3.8, 4) is 11.5 Å². The van der Waals surface area contributed by atoms with Gasteiger partial charge in [-0.15, -0.1) is 0 Å². The molecule has 0 spiro atoms. The van der Waals surface area contributed by atoms with Gasteiger partial charge in [-0.25, -0.2) is 4.79 Å². The number of carboxylic acids is 1. The molecule has 0 unspecified atom stereocenters. The van der Waals surface area contributed by atoms with Gasteiger partial charge < -0.3 is 19.0 Å². The number of halogens is 1. The van der Waals surface area contributed by atoms with E-state index in [0.717, 1.165) is 31.1 Å². The van der Waals surface area contributed by atoms with Crippen LogP contribution in [-0.4, -0.2) is 24.3 Å². The second kappa shape index (κ2) is 10.4. The van der Waals surface area contributed by atoms with E-state index in [-0.39, 0.29) is 11.5 Å². The van der Waals surface area contributed by atoms with Gasteiger partial charge in [-0.2, -0.15) is 0 Å². The Morgan fingerprint density at radius 2 is 1.81 bits per heavy atom.